The number of ether oxygens (including phenoxy) is 2. The Hall–Kier alpha value is -4.47. The van der Waals surface area contributed by atoms with E-state index in [4.69, 9.17) is 25.5 Å². The van der Waals surface area contributed by atoms with Gasteiger partial charge in [0.25, 0.3) is 0 Å². The highest BCUT2D eigenvalue weighted by Crippen LogP contribution is 2.33. The average molecular weight is 631 g/mol. The summed E-state index contributed by atoms with van der Waals surface area (Å²) in [5.41, 5.74) is 3.14. The summed E-state index contributed by atoms with van der Waals surface area (Å²) in [5.74, 6) is 2.30. The molecule has 234 valence electrons. The molecular weight excluding hydrogens is 595 g/mol. The van der Waals surface area contributed by atoms with Crippen LogP contribution in [0.3, 0.4) is 0 Å². The molecule has 5 aromatic rings. The fourth-order valence-corrected chi connectivity index (χ4v) is 5.11. The number of nitrogens with zero attached hydrogens (tertiary/aromatic N) is 2. The lowest BCUT2D eigenvalue weighted by Gasteiger charge is -2.12. The van der Waals surface area contributed by atoms with Gasteiger partial charge in [-0.2, -0.15) is 0 Å². The van der Waals surface area contributed by atoms with Gasteiger partial charge < -0.3 is 24.5 Å². The Balaban J connectivity index is 1.16. The van der Waals surface area contributed by atoms with Gasteiger partial charge in [-0.15, -0.1) is 0 Å². The molecule has 2 aromatic heterocycles. The number of aromatic nitrogens is 2. The summed E-state index contributed by atoms with van der Waals surface area (Å²) in [4.78, 5) is 20.3. The van der Waals surface area contributed by atoms with Crippen LogP contribution in [0.2, 0.25) is 5.02 Å². The summed E-state index contributed by atoms with van der Waals surface area (Å²) in [5, 5.41) is 8.02. The maximum absolute atomic E-state index is 13.5. The third-order valence-electron chi connectivity index (χ3n) is 7.15. The van der Waals surface area contributed by atoms with E-state index >= 15 is 0 Å². The van der Waals surface area contributed by atoms with Crippen molar-refractivity contribution in [2.45, 2.75) is 52.2 Å². The third-order valence-corrected chi connectivity index (χ3v) is 7.44. The topological polar surface area (TPSA) is 98.5 Å². The largest absolute Gasteiger partial charge is 0.487 e. The van der Waals surface area contributed by atoms with E-state index in [1.165, 1.54) is 18.5 Å². The third kappa shape index (κ3) is 9.26. The van der Waals surface area contributed by atoms with E-state index in [-0.39, 0.29) is 18.4 Å². The van der Waals surface area contributed by atoms with Crippen LogP contribution in [0.5, 0.6) is 5.75 Å². The lowest BCUT2D eigenvalue weighted by Crippen LogP contribution is -2.14. The molecule has 0 aliphatic carbocycles. The molecule has 0 aliphatic heterocycles. The molecule has 0 unspecified atom stereocenters. The normalized spacial score (nSPS) is 11.1. The van der Waals surface area contributed by atoms with Gasteiger partial charge in [0.2, 0.25) is 0 Å². The quantitative estimate of drug-likeness (QED) is 0.0826. The number of benzene rings is 3. The summed E-state index contributed by atoms with van der Waals surface area (Å²) < 4.78 is 30.4. The van der Waals surface area contributed by atoms with Crippen molar-refractivity contribution in [3.63, 3.8) is 0 Å². The Labute approximate surface area is 266 Å². The molecule has 0 atom stereocenters. The number of esters is 1. The monoisotopic (exact) mass is 630 g/mol. The first kappa shape index (κ1) is 31.9. The van der Waals surface area contributed by atoms with Gasteiger partial charge >= 0.3 is 5.97 Å². The van der Waals surface area contributed by atoms with E-state index in [0.29, 0.717) is 41.7 Å². The number of unbranched alkanes of at least 4 members (excludes halogenated alkanes) is 3. The van der Waals surface area contributed by atoms with Crippen molar-refractivity contribution in [2.75, 3.05) is 18.5 Å². The van der Waals surface area contributed by atoms with Gasteiger partial charge in [0.15, 0.2) is 0 Å². The van der Waals surface area contributed by atoms with E-state index < -0.39 is 0 Å². The zero-order valence-electron chi connectivity index (χ0n) is 25.2. The van der Waals surface area contributed by atoms with Gasteiger partial charge in [-0.05, 0) is 92.5 Å². The van der Waals surface area contributed by atoms with Crippen molar-refractivity contribution in [2.24, 2.45) is 0 Å². The Bertz CT molecular complexity index is 1730. The maximum Gasteiger partial charge on any atom is 0.305 e. The Morgan fingerprint density at radius 3 is 2.71 bits per heavy atom. The highest BCUT2D eigenvalue weighted by molar-refractivity contribution is 6.32. The molecule has 8 nitrogen and oxygen atoms in total. The van der Waals surface area contributed by atoms with Crippen LogP contribution in [0.4, 0.5) is 15.9 Å². The second kappa shape index (κ2) is 16.0. The molecule has 0 amide bonds. The Morgan fingerprint density at radius 1 is 0.978 bits per heavy atom. The van der Waals surface area contributed by atoms with Crippen molar-refractivity contribution in [3.8, 4) is 17.1 Å². The molecule has 2 heterocycles. The highest BCUT2D eigenvalue weighted by Gasteiger charge is 2.11. The first-order valence-electron chi connectivity index (χ1n) is 15.1. The highest BCUT2D eigenvalue weighted by atomic mass is 35.5. The van der Waals surface area contributed by atoms with Crippen LogP contribution in [0.25, 0.3) is 22.2 Å². The van der Waals surface area contributed by atoms with Crippen molar-refractivity contribution < 1.29 is 23.1 Å². The maximum atomic E-state index is 13.5. The van der Waals surface area contributed by atoms with Crippen LogP contribution in [0.1, 0.15) is 50.4 Å². The van der Waals surface area contributed by atoms with Crippen molar-refractivity contribution in [1.82, 2.24) is 15.3 Å². The van der Waals surface area contributed by atoms with Crippen LogP contribution in [-0.2, 0) is 22.7 Å². The molecule has 0 fully saturated rings. The van der Waals surface area contributed by atoms with E-state index in [1.54, 1.807) is 24.3 Å². The zero-order chi connectivity index (χ0) is 31.4. The van der Waals surface area contributed by atoms with E-state index in [0.717, 1.165) is 65.9 Å². The van der Waals surface area contributed by atoms with Crippen molar-refractivity contribution in [1.29, 1.82) is 0 Å². The number of furan rings is 1. The summed E-state index contributed by atoms with van der Waals surface area (Å²) in [7, 11) is 0. The number of halogens is 2. The molecule has 0 saturated heterocycles. The molecule has 0 saturated carbocycles. The zero-order valence-corrected chi connectivity index (χ0v) is 25.9. The number of carbonyl (C=O) groups excluding carboxylic acids is 1. The number of hydrogen-bond acceptors (Lipinski definition) is 8. The number of fused-ring (bicyclic) bond motifs is 1. The first-order valence-corrected chi connectivity index (χ1v) is 15.5. The van der Waals surface area contributed by atoms with Crippen LogP contribution in [0.15, 0.2) is 83.5 Å². The molecule has 45 heavy (non-hydrogen) atoms. The minimum atomic E-state index is -0.310. The Morgan fingerprint density at radius 2 is 1.87 bits per heavy atom. The molecular formula is C35H36ClFN4O4. The van der Waals surface area contributed by atoms with Gasteiger partial charge in [0.05, 0.1) is 23.7 Å². The SMILES string of the molecule is CCOC(=O)CCCCCCNCc1ccc(-c2ccc3ncnc(Nc4ccc(OCc5cccc(F)c5)c(Cl)c4)c3c2)o1. The molecule has 5 rings (SSSR count). The van der Waals surface area contributed by atoms with E-state index in [2.05, 4.69) is 20.6 Å². The van der Waals surface area contributed by atoms with Crippen LogP contribution < -0.4 is 15.4 Å². The molecule has 0 radical (unpaired) electrons. The molecule has 0 bridgehead atoms. The summed E-state index contributed by atoms with van der Waals surface area (Å²) in [6.07, 6.45) is 5.98. The molecule has 3 aromatic carbocycles. The summed E-state index contributed by atoms with van der Waals surface area (Å²) in [6, 6.07) is 21.5. The van der Waals surface area contributed by atoms with Gasteiger partial charge in [0, 0.05) is 23.1 Å². The number of rotatable bonds is 16. The number of nitrogens with one attached hydrogen (secondary N) is 2. The molecule has 0 aliphatic rings. The average Bonchev–Trinajstić information content (AvgIpc) is 3.51. The standard InChI is InChI=1S/C35H36ClFN4O4/c1-2-43-34(42)10-5-3-4-6-17-38-21-28-13-16-32(45-28)25-11-14-31-29(19-25)35(40-23-39-31)41-27-12-15-33(30(36)20-27)44-22-24-8-7-9-26(37)18-24/h7-9,11-16,18-20,23,38H,2-6,10,17,21-22H2,1H3,(H,39,40,41). The van der Waals surface area contributed by atoms with Crippen LogP contribution in [-0.4, -0.2) is 29.1 Å². The minimum absolute atomic E-state index is 0.114. The first-order chi connectivity index (χ1) is 22.0. The predicted octanol–water partition coefficient (Wildman–Crippen LogP) is 8.61. The van der Waals surface area contributed by atoms with Gasteiger partial charge in [-0.1, -0.05) is 36.6 Å². The molecule has 10 heteroatoms. The van der Waals surface area contributed by atoms with Gasteiger partial charge in [-0.25, -0.2) is 14.4 Å². The van der Waals surface area contributed by atoms with Gasteiger partial charge in [0.1, 0.15) is 41.8 Å². The number of hydrogen-bond donors (Lipinski definition) is 2. The molecule has 0 spiro atoms. The molecule has 2 N–H and O–H groups in total. The Kier molecular flexibility index (Phi) is 11.4. The van der Waals surface area contributed by atoms with E-state index in [9.17, 15) is 9.18 Å². The van der Waals surface area contributed by atoms with Gasteiger partial charge in [-0.3, -0.25) is 4.79 Å². The van der Waals surface area contributed by atoms with Crippen LogP contribution in [0, 0.1) is 5.82 Å². The lowest BCUT2D eigenvalue weighted by molar-refractivity contribution is -0.143. The predicted molar refractivity (Wildman–Crippen MR) is 174 cm³/mol. The second-order valence-electron chi connectivity index (χ2n) is 10.6. The number of carbonyl (C=O) groups is 1. The smallest absolute Gasteiger partial charge is 0.305 e. The minimum Gasteiger partial charge on any atom is -0.487 e. The lowest BCUT2D eigenvalue weighted by atomic mass is 10.1. The summed E-state index contributed by atoms with van der Waals surface area (Å²) >= 11 is 6.51. The number of anilines is 2. The summed E-state index contributed by atoms with van der Waals surface area (Å²) in [6.45, 7) is 3.98. The fraction of sp³-hybridized carbons (Fsp3) is 0.286. The van der Waals surface area contributed by atoms with Crippen molar-refractivity contribution >= 4 is 40.0 Å². The van der Waals surface area contributed by atoms with Crippen LogP contribution >= 0.6 is 11.6 Å². The second-order valence-corrected chi connectivity index (χ2v) is 11.0. The van der Waals surface area contributed by atoms with Crippen molar-refractivity contribution in [3.05, 3.63) is 101 Å². The van der Waals surface area contributed by atoms with E-state index in [1.807, 2.05) is 43.3 Å². The fourth-order valence-electron chi connectivity index (χ4n) is 4.88.